The fourth-order valence-corrected chi connectivity index (χ4v) is 2.48. The number of hydrogen-bond acceptors (Lipinski definition) is 1. The summed E-state index contributed by atoms with van der Waals surface area (Å²) >= 11 is 0. The van der Waals surface area contributed by atoms with Gasteiger partial charge in [-0.2, -0.15) is 0 Å². The molecule has 0 aliphatic rings. The molecule has 3 heteroatoms. The Balaban J connectivity index is 0. The maximum Gasteiger partial charge on any atom is 0.0286 e. The van der Waals surface area contributed by atoms with Gasteiger partial charge in [0, 0.05) is 11.5 Å². The zero-order chi connectivity index (χ0) is 16.0. The van der Waals surface area contributed by atoms with E-state index in [0.29, 0.717) is 18.4 Å². The lowest BCUT2D eigenvalue weighted by molar-refractivity contribution is 0.388. The summed E-state index contributed by atoms with van der Waals surface area (Å²) in [6, 6.07) is 0. The van der Waals surface area contributed by atoms with E-state index >= 15 is 0 Å². The molecule has 0 aromatic carbocycles. The predicted octanol–water partition coefficient (Wildman–Crippen LogP) is 6.84. The molecule has 3 nitrogen and oxygen atoms in total. The van der Waals surface area contributed by atoms with E-state index in [1.165, 1.54) is 19.3 Å². The Hall–Kier alpha value is -0.690. The van der Waals surface area contributed by atoms with Gasteiger partial charge in [0.25, 0.3) is 0 Å². The van der Waals surface area contributed by atoms with E-state index in [1.807, 2.05) is 0 Å². The Morgan fingerprint density at radius 1 is 0.800 bits per heavy atom. The molecule has 0 saturated carbocycles. The van der Waals surface area contributed by atoms with Gasteiger partial charge < -0.3 is 0 Å². The lowest BCUT2D eigenvalue weighted by Gasteiger charge is -2.13. The molecule has 1 atom stereocenters. The Bertz CT molecular complexity index is 239. The summed E-state index contributed by atoms with van der Waals surface area (Å²) in [5.74, 6) is 3.14. The summed E-state index contributed by atoms with van der Waals surface area (Å²) in [6.07, 6.45) is 6.39. The first-order valence-electron chi connectivity index (χ1n) is 8.41. The first-order valence-corrected chi connectivity index (χ1v) is 8.41. The fraction of sp³-hybridized carbons (Fsp3) is 1.00. The standard InChI is InChI=1S/C9H20.C8H17N3/c1-5-9(6-2)7-8(3)4;1-4-8(5-7(2)3)6-10-11-9/h8-9H,5-7H2,1-4H3;7-8H,4-6H2,1-3H3/t;8-/m.1/s1. The third kappa shape index (κ3) is 15.4. The molecule has 0 aliphatic carbocycles. The van der Waals surface area contributed by atoms with Crippen LogP contribution in [0.1, 0.15) is 80.6 Å². The third-order valence-corrected chi connectivity index (χ3v) is 3.74. The number of azide groups is 1. The second-order valence-corrected chi connectivity index (χ2v) is 6.63. The fourth-order valence-electron chi connectivity index (χ4n) is 2.48. The molecule has 0 amide bonds. The molecular formula is C17H37N3. The van der Waals surface area contributed by atoms with Crippen molar-refractivity contribution in [2.75, 3.05) is 6.54 Å². The van der Waals surface area contributed by atoms with Crippen LogP contribution in [0.5, 0.6) is 0 Å². The van der Waals surface area contributed by atoms with Crippen molar-refractivity contribution in [3.63, 3.8) is 0 Å². The smallest absolute Gasteiger partial charge is 0.0286 e. The zero-order valence-electron chi connectivity index (χ0n) is 14.9. The van der Waals surface area contributed by atoms with E-state index in [2.05, 4.69) is 58.5 Å². The van der Waals surface area contributed by atoms with Gasteiger partial charge in [-0.25, -0.2) is 0 Å². The van der Waals surface area contributed by atoms with Crippen LogP contribution in [-0.4, -0.2) is 6.54 Å². The Morgan fingerprint density at radius 3 is 1.45 bits per heavy atom. The van der Waals surface area contributed by atoms with Crippen molar-refractivity contribution in [2.24, 2.45) is 28.8 Å². The highest BCUT2D eigenvalue weighted by Gasteiger charge is 2.06. The highest BCUT2D eigenvalue weighted by molar-refractivity contribution is 4.62. The molecule has 0 unspecified atom stereocenters. The first-order chi connectivity index (χ1) is 9.40. The first kappa shape index (κ1) is 21.6. The van der Waals surface area contributed by atoms with Gasteiger partial charge in [-0.15, -0.1) is 0 Å². The normalized spacial score (nSPS) is 12.1. The van der Waals surface area contributed by atoms with Crippen molar-refractivity contribution in [3.8, 4) is 0 Å². The maximum atomic E-state index is 8.10. The maximum absolute atomic E-state index is 8.10. The molecule has 0 fully saturated rings. The Kier molecular flexibility index (Phi) is 15.9. The predicted molar refractivity (Wildman–Crippen MR) is 90.8 cm³/mol. The van der Waals surface area contributed by atoms with Gasteiger partial charge in [0.2, 0.25) is 0 Å². The highest BCUT2D eigenvalue weighted by atomic mass is 15.1. The van der Waals surface area contributed by atoms with Crippen molar-refractivity contribution in [1.82, 2.24) is 0 Å². The van der Waals surface area contributed by atoms with Crippen molar-refractivity contribution in [2.45, 2.75) is 80.6 Å². The van der Waals surface area contributed by atoms with Crippen LogP contribution in [0.15, 0.2) is 5.11 Å². The van der Waals surface area contributed by atoms with E-state index in [0.717, 1.165) is 24.7 Å². The quantitative estimate of drug-likeness (QED) is 0.253. The van der Waals surface area contributed by atoms with Crippen LogP contribution in [-0.2, 0) is 0 Å². The molecule has 0 bridgehead atoms. The average Bonchev–Trinajstić information content (AvgIpc) is 2.40. The number of nitrogens with zero attached hydrogens (tertiary/aromatic N) is 3. The number of hydrogen-bond donors (Lipinski definition) is 0. The van der Waals surface area contributed by atoms with E-state index < -0.39 is 0 Å². The summed E-state index contributed by atoms with van der Waals surface area (Å²) in [7, 11) is 0. The van der Waals surface area contributed by atoms with Gasteiger partial charge in [-0.05, 0) is 42.0 Å². The minimum absolute atomic E-state index is 0.575. The van der Waals surface area contributed by atoms with Gasteiger partial charge in [-0.3, -0.25) is 0 Å². The van der Waals surface area contributed by atoms with Crippen LogP contribution in [0.3, 0.4) is 0 Å². The van der Waals surface area contributed by atoms with Crippen molar-refractivity contribution in [3.05, 3.63) is 10.4 Å². The summed E-state index contributed by atoms with van der Waals surface area (Å²) < 4.78 is 0. The van der Waals surface area contributed by atoms with Crippen molar-refractivity contribution >= 4 is 0 Å². The molecule has 0 rings (SSSR count). The summed E-state index contributed by atoms with van der Waals surface area (Å²) in [5, 5.41) is 3.58. The summed E-state index contributed by atoms with van der Waals surface area (Å²) in [4.78, 5) is 2.76. The van der Waals surface area contributed by atoms with Gasteiger partial charge in [0.05, 0.1) is 0 Å². The molecule has 0 saturated heterocycles. The SMILES string of the molecule is CCC(CC)CC(C)C.CC[C@@H](CN=[N+]=[N-])CC(C)C. The van der Waals surface area contributed by atoms with Gasteiger partial charge >= 0.3 is 0 Å². The monoisotopic (exact) mass is 283 g/mol. The van der Waals surface area contributed by atoms with Crippen LogP contribution in [0.25, 0.3) is 10.4 Å². The molecule has 120 valence electrons. The Labute approximate surface area is 127 Å². The zero-order valence-corrected chi connectivity index (χ0v) is 14.9. The van der Waals surface area contributed by atoms with E-state index in [-0.39, 0.29) is 0 Å². The average molecular weight is 284 g/mol. The molecule has 0 heterocycles. The molecule has 0 N–H and O–H groups in total. The van der Waals surface area contributed by atoms with E-state index in [9.17, 15) is 0 Å². The van der Waals surface area contributed by atoms with Gasteiger partial charge in [0.15, 0.2) is 0 Å². The Morgan fingerprint density at radius 2 is 1.20 bits per heavy atom. The summed E-state index contributed by atoms with van der Waals surface area (Å²) in [6.45, 7) is 16.4. The second-order valence-electron chi connectivity index (χ2n) is 6.63. The highest BCUT2D eigenvalue weighted by Crippen LogP contribution is 2.17. The minimum atomic E-state index is 0.575. The molecule has 0 spiro atoms. The van der Waals surface area contributed by atoms with Gasteiger partial charge in [0.1, 0.15) is 0 Å². The van der Waals surface area contributed by atoms with Gasteiger partial charge in [-0.1, -0.05) is 72.8 Å². The lowest BCUT2D eigenvalue weighted by Crippen LogP contribution is -2.06. The molecule has 0 radical (unpaired) electrons. The van der Waals surface area contributed by atoms with Crippen LogP contribution in [0.2, 0.25) is 0 Å². The summed E-state index contributed by atoms with van der Waals surface area (Å²) in [5.41, 5.74) is 8.10. The molecule has 20 heavy (non-hydrogen) atoms. The largest absolute Gasteiger partial charge is 0.0937 e. The molecular weight excluding hydrogens is 246 g/mol. The van der Waals surface area contributed by atoms with Crippen LogP contribution in [0.4, 0.5) is 0 Å². The molecule has 0 aliphatic heterocycles. The van der Waals surface area contributed by atoms with Crippen molar-refractivity contribution < 1.29 is 0 Å². The molecule has 0 aromatic rings. The van der Waals surface area contributed by atoms with Crippen LogP contribution >= 0.6 is 0 Å². The van der Waals surface area contributed by atoms with Crippen LogP contribution in [0, 0.1) is 23.7 Å². The van der Waals surface area contributed by atoms with Crippen molar-refractivity contribution in [1.29, 1.82) is 0 Å². The second kappa shape index (κ2) is 14.7. The minimum Gasteiger partial charge on any atom is -0.0937 e. The topological polar surface area (TPSA) is 48.8 Å². The third-order valence-electron chi connectivity index (χ3n) is 3.74. The number of rotatable bonds is 9. The lowest BCUT2D eigenvalue weighted by atomic mass is 9.93. The van der Waals surface area contributed by atoms with Crippen LogP contribution < -0.4 is 0 Å². The van der Waals surface area contributed by atoms with E-state index in [1.54, 1.807) is 0 Å². The van der Waals surface area contributed by atoms with E-state index in [4.69, 9.17) is 5.53 Å². The molecule has 0 aromatic heterocycles.